The maximum Gasteiger partial charge on any atom is 0.0916 e. The van der Waals surface area contributed by atoms with Gasteiger partial charge in [0.2, 0.25) is 0 Å². The first-order chi connectivity index (χ1) is 7.43. The number of aliphatic hydroxyl groups is 1. The van der Waals surface area contributed by atoms with Crippen molar-refractivity contribution in [3.8, 4) is 0 Å². The van der Waals surface area contributed by atoms with E-state index in [0.717, 1.165) is 12.8 Å². The average Bonchev–Trinajstić information content (AvgIpc) is 2.16. The standard InChI is InChI=1S/C15H24O/c1-12(2)8-6-9-13(3)10-7-11-14(4)15(5)16/h7-8,10-11,14,16H,5-6,9H2,1-4H3. The Morgan fingerprint density at radius 1 is 1.31 bits per heavy atom. The molecule has 0 aromatic rings. The molecule has 1 unspecified atom stereocenters. The maximum atomic E-state index is 9.11. The molecule has 1 heteroatoms. The lowest BCUT2D eigenvalue weighted by Gasteiger charge is -2.01. The minimum Gasteiger partial charge on any atom is -0.512 e. The molecule has 1 N–H and O–H groups in total. The Morgan fingerprint density at radius 3 is 2.44 bits per heavy atom. The Balaban J connectivity index is 4.04. The molecular formula is C15H24O. The minimum absolute atomic E-state index is 0.0295. The van der Waals surface area contributed by atoms with Crippen LogP contribution >= 0.6 is 0 Å². The molecule has 0 heterocycles. The molecule has 0 amide bonds. The molecule has 0 radical (unpaired) electrons. The van der Waals surface area contributed by atoms with Crippen LogP contribution in [0.3, 0.4) is 0 Å². The Hall–Kier alpha value is -1.24. The first-order valence-corrected chi connectivity index (χ1v) is 5.78. The fourth-order valence-electron chi connectivity index (χ4n) is 1.17. The van der Waals surface area contributed by atoms with Crippen LogP contribution < -0.4 is 0 Å². The summed E-state index contributed by atoms with van der Waals surface area (Å²) in [5.74, 6) is 0.244. The molecule has 0 aromatic heterocycles. The molecule has 16 heavy (non-hydrogen) atoms. The minimum atomic E-state index is 0.0295. The Morgan fingerprint density at radius 2 is 1.94 bits per heavy atom. The molecule has 0 spiro atoms. The summed E-state index contributed by atoms with van der Waals surface area (Å²) in [5.41, 5.74) is 2.72. The van der Waals surface area contributed by atoms with Crippen LogP contribution in [0.15, 0.2) is 47.8 Å². The lowest BCUT2D eigenvalue weighted by atomic mass is 10.1. The summed E-state index contributed by atoms with van der Waals surface area (Å²) in [5, 5.41) is 9.11. The van der Waals surface area contributed by atoms with E-state index in [1.54, 1.807) is 0 Å². The van der Waals surface area contributed by atoms with Gasteiger partial charge in [-0.05, 0) is 33.6 Å². The second kappa shape index (κ2) is 7.98. The number of hydrogen-bond donors (Lipinski definition) is 1. The molecule has 0 saturated carbocycles. The van der Waals surface area contributed by atoms with Crippen molar-refractivity contribution < 1.29 is 5.11 Å². The number of hydrogen-bond acceptors (Lipinski definition) is 1. The van der Waals surface area contributed by atoms with Gasteiger partial charge in [0.1, 0.15) is 0 Å². The SMILES string of the molecule is C=C(O)C(C)C=CC=C(C)CCC=C(C)C. The lowest BCUT2D eigenvalue weighted by molar-refractivity contribution is 0.368. The molecule has 1 atom stereocenters. The number of aliphatic hydroxyl groups excluding tert-OH is 1. The van der Waals surface area contributed by atoms with E-state index < -0.39 is 0 Å². The zero-order valence-corrected chi connectivity index (χ0v) is 11.0. The summed E-state index contributed by atoms with van der Waals surface area (Å²) in [6.07, 6.45) is 10.5. The summed E-state index contributed by atoms with van der Waals surface area (Å²) in [7, 11) is 0. The zero-order chi connectivity index (χ0) is 12.6. The fourth-order valence-corrected chi connectivity index (χ4v) is 1.17. The van der Waals surface area contributed by atoms with Crippen LogP contribution in [0.4, 0.5) is 0 Å². The molecular weight excluding hydrogens is 196 g/mol. The van der Waals surface area contributed by atoms with E-state index in [9.17, 15) is 0 Å². The Kier molecular flexibility index (Phi) is 7.36. The highest BCUT2D eigenvalue weighted by Gasteiger charge is 1.97. The van der Waals surface area contributed by atoms with Crippen LogP contribution in [-0.2, 0) is 0 Å². The number of allylic oxidation sites excluding steroid dienone is 6. The van der Waals surface area contributed by atoms with Gasteiger partial charge < -0.3 is 5.11 Å². The third-order valence-electron chi connectivity index (χ3n) is 2.40. The second-order valence-electron chi connectivity index (χ2n) is 4.50. The van der Waals surface area contributed by atoms with E-state index in [0.29, 0.717) is 0 Å². The van der Waals surface area contributed by atoms with Gasteiger partial charge >= 0.3 is 0 Å². The molecule has 0 aromatic carbocycles. The van der Waals surface area contributed by atoms with Gasteiger partial charge in [-0.1, -0.05) is 49.0 Å². The van der Waals surface area contributed by atoms with Crippen molar-refractivity contribution in [2.24, 2.45) is 5.92 Å². The monoisotopic (exact) mass is 220 g/mol. The van der Waals surface area contributed by atoms with E-state index in [2.05, 4.69) is 39.5 Å². The molecule has 0 fully saturated rings. The summed E-state index contributed by atoms with van der Waals surface area (Å²) < 4.78 is 0. The van der Waals surface area contributed by atoms with E-state index in [-0.39, 0.29) is 11.7 Å². The van der Waals surface area contributed by atoms with Crippen molar-refractivity contribution in [3.05, 3.63) is 47.8 Å². The Labute approximate surface area is 99.9 Å². The van der Waals surface area contributed by atoms with Gasteiger partial charge in [-0.25, -0.2) is 0 Å². The van der Waals surface area contributed by atoms with Gasteiger partial charge in [0.25, 0.3) is 0 Å². The van der Waals surface area contributed by atoms with Crippen LogP contribution in [0.5, 0.6) is 0 Å². The van der Waals surface area contributed by atoms with Crippen molar-refractivity contribution in [3.63, 3.8) is 0 Å². The van der Waals surface area contributed by atoms with E-state index in [1.807, 2.05) is 19.1 Å². The smallest absolute Gasteiger partial charge is 0.0916 e. The highest BCUT2D eigenvalue weighted by atomic mass is 16.3. The van der Waals surface area contributed by atoms with Gasteiger partial charge in [0, 0.05) is 5.92 Å². The van der Waals surface area contributed by atoms with Crippen molar-refractivity contribution in [1.82, 2.24) is 0 Å². The first-order valence-electron chi connectivity index (χ1n) is 5.78. The van der Waals surface area contributed by atoms with Gasteiger partial charge in [-0.2, -0.15) is 0 Å². The van der Waals surface area contributed by atoms with E-state index >= 15 is 0 Å². The highest BCUT2D eigenvalue weighted by molar-refractivity contribution is 5.14. The predicted molar refractivity (Wildman–Crippen MR) is 72.5 cm³/mol. The summed E-state index contributed by atoms with van der Waals surface area (Å²) >= 11 is 0. The third-order valence-corrected chi connectivity index (χ3v) is 2.40. The van der Waals surface area contributed by atoms with Gasteiger partial charge in [0.15, 0.2) is 0 Å². The predicted octanol–water partition coefficient (Wildman–Crippen LogP) is 4.94. The van der Waals surface area contributed by atoms with Crippen LogP contribution in [0, 0.1) is 5.92 Å². The molecule has 90 valence electrons. The van der Waals surface area contributed by atoms with Gasteiger partial charge in [-0.3, -0.25) is 0 Å². The lowest BCUT2D eigenvalue weighted by Crippen LogP contribution is -1.91. The molecule has 0 aliphatic rings. The van der Waals surface area contributed by atoms with Crippen LogP contribution in [0.2, 0.25) is 0 Å². The zero-order valence-electron chi connectivity index (χ0n) is 11.0. The van der Waals surface area contributed by atoms with Crippen LogP contribution in [-0.4, -0.2) is 5.11 Å². The van der Waals surface area contributed by atoms with E-state index in [1.165, 1.54) is 11.1 Å². The van der Waals surface area contributed by atoms with Crippen molar-refractivity contribution >= 4 is 0 Å². The molecule has 0 saturated heterocycles. The molecule has 1 nitrogen and oxygen atoms in total. The maximum absolute atomic E-state index is 9.11. The summed E-state index contributed by atoms with van der Waals surface area (Å²) in [6, 6.07) is 0. The summed E-state index contributed by atoms with van der Waals surface area (Å²) in [6.45, 7) is 11.8. The normalized spacial score (nSPS) is 13.9. The fraction of sp³-hybridized carbons (Fsp3) is 0.467. The molecule has 0 bridgehead atoms. The van der Waals surface area contributed by atoms with Crippen LogP contribution in [0.1, 0.15) is 40.5 Å². The number of rotatable bonds is 6. The third kappa shape index (κ3) is 8.10. The summed E-state index contributed by atoms with van der Waals surface area (Å²) in [4.78, 5) is 0. The largest absolute Gasteiger partial charge is 0.512 e. The topological polar surface area (TPSA) is 20.2 Å². The van der Waals surface area contributed by atoms with E-state index in [4.69, 9.17) is 5.11 Å². The van der Waals surface area contributed by atoms with Crippen molar-refractivity contribution in [1.29, 1.82) is 0 Å². The average molecular weight is 220 g/mol. The van der Waals surface area contributed by atoms with Crippen molar-refractivity contribution in [2.75, 3.05) is 0 Å². The van der Waals surface area contributed by atoms with Gasteiger partial charge in [-0.15, -0.1) is 0 Å². The van der Waals surface area contributed by atoms with Crippen molar-refractivity contribution in [2.45, 2.75) is 40.5 Å². The van der Waals surface area contributed by atoms with Gasteiger partial charge in [0.05, 0.1) is 5.76 Å². The molecule has 0 aliphatic heterocycles. The molecule has 0 rings (SSSR count). The van der Waals surface area contributed by atoms with Crippen LogP contribution in [0.25, 0.3) is 0 Å². The highest BCUT2D eigenvalue weighted by Crippen LogP contribution is 2.09. The molecule has 0 aliphatic carbocycles. The quantitative estimate of drug-likeness (QED) is 0.382. The first kappa shape index (κ1) is 14.8. The second-order valence-corrected chi connectivity index (χ2v) is 4.50. The Bertz CT molecular complexity index is 301.